The Labute approximate surface area is 129 Å². The number of carbonyl (C=O) groups is 2. The van der Waals surface area contributed by atoms with E-state index in [4.69, 9.17) is 5.11 Å². The molecule has 0 saturated heterocycles. The number of benzene rings is 2. The number of amides is 1. The lowest BCUT2D eigenvalue weighted by molar-refractivity contribution is 0.0692. The zero-order chi connectivity index (χ0) is 16.1. The van der Waals surface area contributed by atoms with E-state index in [2.05, 4.69) is 19.2 Å². The van der Waals surface area contributed by atoms with Crippen LogP contribution in [0.15, 0.2) is 48.5 Å². The average molecular weight is 297 g/mol. The molecule has 22 heavy (non-hydrogen) atoms. The lowest BCUT2D eigenvalue weighted by Gasteiger charge is -2.11. The van der Waals surface area contributed by atoms with Gasteiger partial charge in [-0.1, -0.05) is 38.1 Å². The molecule has 0 heterocycles. The van der Waals surface area contributed by atoms with Crippen LogP contribution in [-0.4, -0.2) is 17.0 Å². The quantitative estimate of drug-likeness (QED) is 0.871. The van der Waals surface area contributed by atoms with Crippen LogP contribution in [-0.2, 0) is 0 Å². The minimum atomic E-state index is -1.11. The van der Waals surface area contributed by atoms with E-state index in [1.54, 1.807) is 12.1 Å². The van der Waals surface area contributed by atoms with Gasteiger partial charge in [0.25, 0.3) is 5.91 Å². The van der Waals surface area contributed by atoms with Crippen molar-refractivity contribution in [2.45, 2.75) is 26.2 Å². The first-order chi connectivity index (χ1) is 10.5. The summed E-state index contributed by atoms with van der Waals surface area (Å²) < 4.78 is 0. The van der Waals surface area contributed by atoms with Crippen molar-refractivity contribution in [2.24, 2.45) is 0 Å². The number of nitrogens with one attached hydrogen (secondary N) is 1. The lowest BCUT2D eigenvalue weighted by Crippen LogP contribution is -2.16. The summed E-state index contributed by atoms with van der Waals surface area (Å²) in [5.41, 5.74) is 2.01. The van der Waals surface area contributed by atoms with Crippen LogP contribution < -0.4 is 5.32 Å². The second-order valence-electron chi connectivity index (χ2n) is 5.24. The summed E-state index contributed by atoms with van der Waals surface area (Å²) >= 11 is 0. The molecule has 0 fully saturated rings. The molecule has 0 aliphatic heterocycles. The van der Waals surface area contributed by atoms with Gasteiger partial charge in [0.1, 0.15) is 0 Å². The monoisotopic (exact) mass is 297 g/mol. The standard InChI is InChI=1S/C18H19NO3/c1-3-12(2)13-8-10-14(11-9-13)19-17(20)15-6-4-5-7-16(15)18(21)22/h4-12H,3H2,1-2H3,(H,19,20)(H,21,22). The molecular weight excluding hydrogens is 278 g/mol. The summed E-state index contributed by atoms with van der Waals surface area (Å²) in [4.78, 5) is 23.4. The summed E-state index contributed by atoms with van der Waals surface area (Å²) in [5.74, 6) is -1.07. The molecule has 4 heteroatoms. The van der Waals surface area contributed by atoms with Crippen LogP contribution in [0.3, 0.4) is 0 Å². The third-order valence-electron chi connectivity index (χ3n) is 3.75. The van der Waals surface area contributed by atoms with Crippen LogP contribution in [0.2, 0.25) is 0 Å². The summed E-state index contributed by atoms with van der Waals surface area (Å²) in [6, 6.07) is 13.8. The molecule has 0 spiro atoms. The van der Waals surface area contributed by atoms with E-state index in [9.17, 15) is 9.59 Å². The first-order valence-electron chi connectivity index (χ1n) is 7.26. The summed E-state index contributed by atoms with van der Waals surface area (Å²) in [6.45, 7) is 4.28. The Morgan fingerprint density at radius 3 is 2.18 bits per heavy atom. The smallest absolute Gasteiger partial charge is 0.336 e. The number of carboxylic acid groups (broad SMARTS) is 1. The van der Waals surface area contributed by atoms with Crippen LogP contribution in [0.1, 0.15) is 52.5 Å². The number of hydrogen-bond donors (Lipinski definition) is 2. The highest BCUT2D eigenvalue weighted by Gasteiger charge is 2.15. The van der Waals surface area contributed by atoms with Crippen molar-refractivity contribution in [3.8, 4) is 0 Å². The number of carboxylic acids is 1. The van der Waals surface area contributed by atoms with Crippen molar-refractivity contribution in [3.63, 3.8) is 0 Å². The van der Waals surface area contributed by atoms with Gasteiger partial charge in [-0.2, -0.15) is 0 Å². The van der Waals surface area contributed by atoms with Crippen molar-refractivity contribution in [1.29, 1.82) is 0 Å². The Kier molecular flexibility index (Phi) is 4.94. The topological polar surface area (TPSA) is 66.4 Å². The minimum Gasteiger partial charge on any atom is -0.478 e. The van der Waals surface area contributed by atoms with Gasteiger partial charge in [-0.3, -0.25) is 4.79 Å². The van der Waals surface area contributed by atoms with Gasteiger partial charge in [0.2, 0.25) is 0 Å². The van der Waals surface area contributed by atoms with E-state index in [0.29, 0.717) is 11.6 Å². The maximum absolute atomic E-state index is 12.2. The van der Waals surface area contributed by atoms with Gasteiger partial charge < -0.3 is 10.4 Å². The Morgan fingerprint density at radius 2 is 1.64 bits per heavy atom. The molecule has 0 aromatic heterocycles. The van der Waals surface area contributed by atoms with Gasteiger partial charge in [0.05, 0.1) is 11.1 Å². The van der Waals surface area contributed by atoms with E-state index in [1.807, 2.05) is 24.3 Å². The molecule has 0 bridgehead atoms. The van der Waals surface area contributed by atoms with E-state index in [1.165, 1.54) is 17.7 Å². The van der Waals surface area contributed by atoms with Crippen molar-refractivity contribution >= 4 is 17.6 Å². The number of rotatable bonds is 5. The van der Waals surface area contributed by atoms with Gasteiger partial charge in [-0.25, -0.2) is 4.79 Å². The third-order valence-corrected chi connectivity index (χ3v) is 3.75. The molecule has 1 unspecified atom stereocenters. The molecule has 2 N–H and O–H groups in total. The summed E-state index contributed by atoms with van der Waals surface area (Å²) in [7, 11) is 0. The number of aromatic carboxylic acids is 1. The molecule has 0 saturated carbocycles. The third kappa shape index (κ3) is 3.52. The minimum absolute atomic E-state index is 0.00350. The van der Waals surface area contributed by atoms with Crippen molar-refractivity contribution in [1.82, 2.24) is 0 Å². The summed E-state index contributed by atoms with van der Waals surface area (Å²) in [5, 5.41) is 11.9. The van der Waals surface area contributed by atoms with Gasteiger partial charge in [-0.15, -0.1) is 0 Å². The predicted molar refractivity (Wildman–Crippen MR) is 86.5 cm³/mol. The molecule has 0 radical (unpaired) electrons. The molecule has 0 aliphatic rings. The van der Waals surface area contributed by atoms with Crippen LogP contribution in [0.25, 0.3) is 0 Å². The predicted octanol–water partition coefficient (Wildman–Crippen LogP) is 4.15. The van der Waals surface area contributed by atoms with Crippen LogP contribution >= 0.6 is 0 Å². The van der Waals surface area contributed by atoms with E-state index in [0.717, 1.165) is 6.42 Å². The zero-order valence-electron chi connectivity index (χ0n) is 12.7. The number of hydrogen-bond acceptors (Lipinski definition) is 2. The van der Waals surface area contributed by atoms with Crippen LogP contribution in [0.5, 0.6) is 0 Å². The van der Waals surface area contributed by atoms with E-state index < -0.39 is 11.9 Å². The molecule has 1 amide bonds. The Bertz CT molecular complexity index is 677. The molecule has 2 aromatic carbocycles. The maximum Gasteiger partial charge on any atom is 0.336 e. The maximum atomic E-state index is 12.2. The highest BCUT2D eigenvalue weighted by atomic mass is 16.4. The van der Waals surface area contributed by atoms with Gasteiger partial charge in [0.15, 0.2) is 0 Å². The second kappa shape index (κ2) is 6.89. The Hall–Kier alpha value is -2.62. The second-order valence-corrected chi connectivity index (χ2v) is 5.24. The number of anilines is 1. The van der Waals surface area contributed by atoms with E-state index in [-0.39, 0.29) is 11.1 Å². The first kappa shape index (κ1) is 15.8. The zero-order valence-corrected chi connectivity index (χ0v) is 12.7. The van der Waals surface area contributed by atoms with Gasteiger partial charge >= 0.3 is 5.97 Å². The van der Waals surface area contributed by atoms with Crippen molar-refractivity contribution < 1.29 is 14.7 Å². The van der Waals surface area contributed by atoms with Crippen LogP contribution in [0, 0.1) is 0 Å². The molecule has 2 rings (SSSR count). The fourth-order valence-corrected chi connectivity index (χ4v) is 2.20. The first-order valence-corrected chi connectivity index (χ1v) is 7.26. The molecular formula is C18H19NO3. The molecule has 2 aromatic rings. The lowest BCUT2D eigenvalue weighted by atomic mass is 9.98. The number of carbonyl (C=O) groups excluding carboxylic acids is 1. The highest BCUT2D eigenvalue weighted by Crippen LogP contribution is 2.21. The van der Waals surface area contributed by atoms with Gasteiger partial charge in [0, 0.05) is 5.69 Å². The molecule has 0 aliphatic carbocycles. The van der Waals surface area contributed by atoms with Crippen LogP contribution in [0.4, 0.5) is 5.69 Å². The Morgan fingerprint density at radius 1 is 1.05 bits per heavy atom. The highest BCUT2D eigenvalue weighted by molar-refractivity contribution is 6.10. The molecule has 4 nitrogen and oxygen atoms in total. The van der Waals surface area contributed by atoms with Crippen molar-refractivity contribution in [2.75, 3.05) is 5.32 Å². The fraction of sp³-hybridized carbons (Fsp3) is 0.222. The van der Waals surface area contributed by atoms with Crippen molar-refractivity contribution in [3.05, 3.63) is 65.2 Å². The molecule has 1 atom stereocenters. The fourth-order valence-electron chi connectivity index (χ4n) is 2.20. The SMILES string of the molecule is CCC(C)c1ccc(NC(=O)c2ccccc2C(=O)O)cc1. The molecule has 114 valence electrons. The summed E-state index contributed by atoms with van der Waals surface area (Å²) in [6.07, 6.45) is 1.05. The van der Waals surface area contributed by atoms with Gasteiger partial charge in [-0.05, 0) is 42.2 Å². The average Bonchev–Trinajstić information content (AvgIpc) is 2.54. The Balaban J connectivity index is 2.17. The largest absolute Gasteiger partial charge is 0.478 e. The van der Waals surface area contributed by atoms with E-state index >= 15 is 0 Å². The normalized spacial score (nSPS) is 11.7.